The van der Waals surface area contributed by atoms with E-state index >= 15 is 0 Å². The Kier molecular flexibility index (Phi) is 8.57. The Morgan fingerprint density at radius 1 is 0.941 bits per heavy atom. The standard InChI is InChI=1S/C27H26N2O5/c1-19(21-10-4-3-5-11-21)28-27(32)23-13-6-7-14-24(23)29-25(30)18-34-26(31)16-15-20-9-8-12-22(17-20)33-2/h3-17,19H,18H2,1-2H3,(H,28,32)(H,29,30)/b16-15+. The van der Waals surface area contributed by atoms with Gasteiger partial charge in [-0.05, 0) is 48.4 Å². The van der Waals surface area contributed by atoms with Crippen molar-refractivity contribution in [3.63, 3.8) is 0 Å². The zero-order valence-corrected chi connectivity index (χ0v) is 19.0. The molecule has 0 aliphatic rings. The third-order valence-corrected chi connectivity index (χ3v) is 4.94. The monoisotopic (exact) mass is 458 g/mol. The average Bonchev–Trinajstić information content (AvgIpc) is 2.87. The predicted octanol–water partition coefficient (Wildman–Crippen LogP) is 4.38. The molecule has 2 amide bonds. The lowest BCUT2D eigenvalue weighted by molar-refractivity contribution is -0.142. The van der Waals surface area contributed by atoms with Crippen LogP contribution in [0.25, 0.3) is 6.08 Å². The number of hydrogen-bond donors (Lipinski definition) is 2. The van der Waals surface area contributed by atoms with Gasteiger partial charge in [0.05, 0.1) is 24.4 Å². The lowest BCUT2D eigenvalue weighted by atomic mass is 10.1. The zero-order chi connectivity index (χ0) is 24.3. The quantitative estimate of drug-likeness (QED) is 0.367. The minimum atomic E-state index is -0.666. The molecule has 0 heterocycles. The highest BCUT2D eigenvalue weighted by Gasteiger charge is 2.16. The topological polar surface area (TPSA) is 93.7 Å². The van der Waals surface area contributed by atoms with Crippen molar-refractivity contribution >= 4 is 29.5 Å². The number of carbonyl (C=O) groups excluding carboxylic acids is 3. The molecular weight excluding hydrogens is 432 g/mol. The summed E-state index contributed by atoms with van der Waals surface area (Å²) in [7, 11) is 1.56. The second kappa shape index (κ2) is 12.0. The van der Waals surface area contributed by atoms with E-state index in [1.807, 2.05) is 37.3 Å². The van der Waals surface area contributed by atoms with Crippen LogP contribution in [0.5, 0.6) is 5.75 Å². The highest BCUT2D eigenvalue weighted by Crippen LogP contribution is 2.18. The first kappa shape index (κ1) is 24.3. The zero-order valence-electron chi connectivity index (χ0n) is 19.0. The Bertz CT molecular complexity index is 1170. The van der Waals surface area contributed by atoms with E-state index < -0.39 is 18.5 Å². The van der Waals surface area contributed by atoms with Crippen molar-refractivity contribution in [3.8, 4) is 5.75 Å². The number of amides is 2. The molecule has 0 spiro atoms. The number of benzene rings is 3. The number of anilines is 1. The largest absolute Gasteiger partial charge is 0.497 e. The van der Waals surface area contributed by atoms with Crippen LogP contribution in [0.2, 0.25) is 0 Å². The minimum absolute atomic E-state index is 0.213. The first-order valence-corrected chi connectivity index (χ1v) is 10.7. The molecule has 3 aromatic rings. The first-order valence-electron chi connectivity index (χ1n) is 10.7. The maximum absolute atomic E-state index is 12.8. The molecule has 0 bridgehead atoms. The number of carbonyl (C=O) groups is 3. The van der Waals surface area contributed by atoms with Crippen LogP contribution in [0.15, 0.2) is 84.9 Å². The van der Waals surface area contributed by atoms with Gasteiger partial charge in [-0.15, -0.1) is 0 Å². The first-order chi connectivity index (χ1) is 16.5. The summed E-state index contributed by atoms with van der Waals surface area (Å²) in [6.45, 7) is 1.39. The molecule has 3 aromatic carbocycles. The molecule has 7 nitrogen and oxygen atoms in total. The van der Waals surface area contributed by atoms with E-state index in [1.165, 1.54) is 6.08 Å². The molecule has 0 radical (unpaired) electrons. The molecule has 0 aliphatic heterocycles. The summed E-state index contributed by atoms with van der Waals surface area (Å²) in [5.41, 5.74) is 2.35. The van der Waals surface area contributed by atoms with Crippen LogP contribution in [-0.4, -0.2) is 31.5 Å². The third kappa shape index (κ3) is 7.06. The van der Waals surface area contributed by atoms with E-state index in [0.717, 1.165) is 11.1 Å². The van der Waals surface area contributed by atoms with Crippen LogP contribution >= 0.6 is 0 Å². The van der Waals surface area contributed by atoms with E-state index in [2.05, 4.69) is 10.6 Å². The summed E-state index contributed by atoms with van der Waals surface area (Å²) in [5.74, 6) is -0.888. The normalized spacial score (nSPS) is 11.5. The van der Waals surface area contributed by atoms with Crippen LogP contribution in [0.4, 0.5) is 5.69 Å². The predicted molar refractivity (Wildman–Crippen MR) is 130 cm³/mol. The highest BCUT2D eigenvalue weighted by molar-refractivity contribution is 6.04. The molecule has 3 rings (SSSR count). The van der Waals surface area contributed by atoms with Gasteiger partial charge < -0.3 is 20.1 Å². The van der Waals surface area contributed by atoms with Crippen molar-refractivity contribution in [1.29, 1.82) is 0 Å². The molecule has 174 valence electrons. The molecule has 0 aromatic heterocycles. The average molecular weight is 459 g/mol. The number of hydrogen-bond acceptors (Lipinski definition) is 5. The van der Waals surface area contributed by atoms with Crippen molar-refractivity contribution in [2.24, 2.45) is 0 Å². The van der Waals surface area contributed by atoms with E-state index in [1.54, 1.807) is 61.7 Å². The Hall–Kier alpha value is -4.39. The summed E-state index contributed by atoms with van der Waals surface area (Å²) < 4.78 is 10.1. The van der Waals surface area contributed by atoms with Crippen molar-refractivity contribution < 1.29 is 23.9 Å². The molecule has 0 aliphatic carbocycles. The number of para-hydroxylation sites is 1. The number of ether oxygens (including phenoxy) is 2. The van der Waals surface area contributed by atoms with Crippen LogP contribution in [-0.2, 0) is 14.3 Å². The Balaban J connectivity index is 1.55. The summed E-state index contributed by atoms with van der Waals surface area (Å²) in [6.07, 6.45) is 2.80. The van der Waals surface area contributed by atoms with Crippen LogP contribution < -0.4 is 15.4 Å². The van der Waals surface area contributed by atoms with Crippen molar-refractivity contribution in [2.75, 3.05) is 19.0 Å². The van der Waals surface area contributed by atoms with Gasteiger partial charge in [-0.25, -0.2) is 4.79 Å². The maximum Gasteiger partial charge on any atom is 0.331 e. The van der Waals surface area contributed by atoms with E-state index in [9.17, 15) is 14.4 Å². The van der Waals surface area contributed by atoms with E-state index in [4.69, 9.17) is 9.47 Å². The van der Waals surface area contributed by atoms with Crippen molar-refractivity contribution in [2.45, 2.75) is 13.0 Å². The van der Waals surface area contributed by atoms with Crippen LogP contribution in [0.1, 0.15) is 34.5 Å². The van der Waals surface area contributed by atoms with Gasteiger partial charge in [0.25, 0.3) is 11.8 Å². The number of methoxy groups -OCH3 is 1. The summed E-state index contributed by atoms with van der Waals surface area (Å²) in [5, 5.41) is 5.55. The molecule has 2 N–H and O–H groups in total. The third-order valence-electron chi connectivity index (χ3n) is 4.94. The molecule has 34 heavy (non-hydrogen) atoms. The van der Waals surface area contributed by atoms with Gasteiger partial charge in [-0.1, -0.05) is 54.6 Å². The lowest BCUT2D eigenvalue weighted by Gasteiger charge is -2.16. The molecular formula is C27H26N2O5. The van der Waals surface area contributed by atoms with Crippen LogP contribution in [0, 0.1) is 0 Å². The Morgan fingerprint density at radius 2 is 1.68 bits per heavy atom. The van der Waals surface area contributed by atoms with E-state index in [-0.39, 0.29) is 11.9 Å². The highest BCUT2D eigenvalue weighted by atomic mass is 16.5. The van der Waals surface area contributed by atoms with Gasteiger partial charge in [0.2, 0.25) is 0 Å². The van der Waals surface area contributed by atoms with Crippen LogP contribution in [0.3, 0.4) is 0 Å². The molecule has 1 atom stereocenters. The molecule has 0 saturated carbocycles. The van der Waals surface area contributed by atoms with Gasteiger partial charge in [-0.3, -0.25) is 9.59 Å². The lowest BCUT2D eigenvalue weighted by Crippen LogP contribution is -2.28. The molecule has 7 heteroatoms. The fourth-order valence-electron chi connectivity index (χ4n) is 3.17. The number of rotatable bonds is 9. The summed E-state index contributed by atoms with van der Waals surface area (Å²) in [4.78, 5) is 37.1. The minimum Gasteiger partial charge on any atom is -0.497 e. The van der Waals surface area contributed by atoms with Gasteiger partial charge in [-0.2, -0.15) is 0 Å². The fraction of sp³-hybridized carbons (Fsp3) is 0.148. The molecule has 0 saturated heterocycles. The maximum atomic E-state index is 12.8. The van der Waals surface area contributed by atoms with Gasteiger partial charge >= 0.3 is 5.97 Å². The SMILES string of the molecule is COc1cccc(/C=C/C(=O)OCC(=O)Nc2ccccc2C(=O)NC(C)c2ccccc2)c1. The fourth-order valence-corrected chi connectivity index (χ4v) is 3.17. The van der Waals surface area contributed by atoms with Gasteiger partial charge in [0.1, 0.15) is 5.75 Å². The second-order valence-corrected chi connectivity index (χ2v) is 7.42. The molecule has 0 fully saturated rings. The summed E-state index contributed by atoms with van der Waals surface area (Å²) in [6, 6.07) is 23.2. The Labute approximate surface area is 198 Å². The smallest absolute Gasteiger partial charge is 0.331 e. The number of nitrogens with one attached hydrogen (secondary N) is 2. The van der Waals surface area contributed by atoms with Crippen molar-refractivity contribution in [1.82, 2.24) is 5.32 Å². The molecule has 1 unspecified atom stereocenters. The van der Waals surface area contributed by atoms with E-state index in [0.29, 0.717) is 17.0 Å². The number of esters is 1. The second-order valence-electron chi connectivity index (χ2n) is 7.42. The van der Waals surface area contributed by atoms with Gasteiger partial charge in [0.15, 0.2) is 6.61 Å². The summed E-state index contributed by atoms with van der Waals surface area (Å²) >= 11 is 0. The van der Waals surface area contributed by atoms with Crippen molar-refractivity contribution in [3.05, 3.63) is 102 Å². The Morgan fingerprint density at radius 3 is 2.44 bits per heavy atom. The van der Waals surface area contributed by atoms with Gasteiger partial charge in [0, 0.05) is 6.08 Å².